The number of nitrogens with one attached hydrogen (secondary N) is 3. The molecule has 38 heavy (non-hydrogen) atoms. The van der Waals surface area contributed by atoms with Gasteiger partial charge in [-0.05, 0) is 56.1 Å². The normalized spacial score (nSPS) is 11.6. The number of amides is 1. The third-order valence-electron chi connectivity index (χ3n) is 5.98. The molecule has 0 atom stereocenters. The average molecular weight is 531 g/mol. The van der Waals surface area contributed by atoms with Crippen LogP contribution in [-0.4, -0.2) is 39.5 Å². The van der Waals surface area contributed by atoms with Crippen molar-refractivity contribution in [1.29, 1.82) is 5.41 Å². The number of nitrogens with zero attached hydrogens (tertiary/aromatic N) is 4. The molecular formula is C26H33F3N8O. The first kappa shape index (κ1) is 28.8. The Hall–Kier alpha value is -3.77. The third kappa shape index (κ3) is 7.17. The number of nitrogens with two attached hydrogens (primary N) is 1. The van der Waals surface area contributed by atoms with Gasteiger partial charge >= 0.3 is 6.18 Å². The monoisotopic (exact) mass is 530 g/mol. The van der Waals surface area contributed by atoms with E-state index in [1.807, 2.05) is 20.8 Å². The smallest absolute Gasteiger partial charge is 0.322 e. The summed E-state index contributed by atoms with van der Waals surface area (Å²) in [5.41, 5.74) is 2.30. The second-order valence-corrected chi connectivity index (χ2v) is 9.60. The lowest BCUT2D eigenvalue weighted by Gasteiger charge is -2.21. The van der Waals surface area contributed by atoms with E-state index >= 15 is 0 Å². The van der Waals surface area contributed by atoms with E-state index < -0.39 is 17.6 Å². The Bertz CT molecular complexity index is 1320. The number of pyridine rings is 1. The van der Waals surface area contributed by atoms with Crippen LogP contribution in [-0.2, 0) is 19.8 Å². The van der Waals surface area contributed by atoms with E-state index in [4.69, 9.17) is 11.3 Å². The molecule has 2 aromatic heterocycles. The number of carbonyl (C=O) groups is 1. The molecule has 0 bridgehead atoms. The number of hydrogen-bond acceptors (Lipinski definition) is 7. The molecule has 0 radical (unpaired) electrons. The van der Waals surface area contributed by atoms with Gasteiger partial charge in [-0.1, -0.05) is 13.8 Å². The van der Waals surface area contributed by atoms with Crippen LogP contribution in [0.4, 0.5) is 24.5 Å². The Balaban J connectivity index is 1.80. The molecule has 204 valence electrons. The Morgan fingerprint density at radius 2 is 1.89 bits per heavy atom. The van der Waals surface area contributed by atoms with Crippen molar-refractivity contribution in [2.24, 2.45) is 18.8 Å². The number of alkyl halides is 3. The summed E-state index contributed by atoms with van der Waals surface area (Å²) in [5.74, 6) is 5.93. The second-order valence-electron chi connectivity index (χ2n) is 9.60. The molecule has 1 aromatic carbocycles. The predicted molar refractivity (Wildman–Crippen MR) is 141 cm³/mol. The van der Waals surface area contributed by atoms with Crippen LogP contribution in [0.3, 0.4) is 0 Å². The van der Waals surface area contributed by atoms with Gasteiger partial charge in [0.05, 0.1) is 41.0 Å². The van der Waals surface area contributed by atoms with Crippen LogP contribution in [0.1, 0.15) is 52.3 Å². The minimum absolute atomic E-state index is 0.0201. The molecule has 0 spiro atoms. The molecular weight excluding hydrogens is 497 g/mol. The highest BCUT2D eigenvalue weighted by molar-refractivity contribution is 6.05. The second kappa shape index (κ2) is 11.7. The molecule has 3 aromatic rings. The van der Waals surface area contributed by atoms with E-state index in [1.165, 1.54) is 23.3 Å². The van der Waals surface area contributed by atoms with E-state index in [0.29, 0.717) is 35.0 Å². The summed E-state index contributed by atoms with van der Waals surface area (Å²) in [6.45, 7) is 8.45. The van der Waals surface area contributed by atoms with Crippen LogP contribution in [0, 0.1) is 25.2 Å². The van der Waals surface area contributed by atoms with Crippen molar-refractivity contribution in [2.75, 3.05) is 23.4 Å². The van der Waals surface area contributed by atoms with E-state index in [1.54, 1.807) is 24.9 Å². The van der Waals surface area contributed by atoms with E-state index in [-0.39, 0.29) is 30.1 Å². The fraction of sp³-hybridized carbons (Fsp3) is 0.385. The molecule has 0 saturated carbocycles. The number of rotatable bonds is 10. The molecule has 2 heterocycles. The minimum Gasteiger partial charge on any atom is -0.322 e. The summed E-state index contributed by atoms with van der Waals surface area (Å²) < 4.78 is 42.2. The summed E-state index contributed by atoms with van der Waals surface area (Å²) in [4.78, 5) is 17.2. The summed E-state index contributed by atoms with van der Waals surface area (Å²) >= 11 is 0. The lowest BCUT2D eigenvalue weighted by Crippen LogP contribution is -2.37. The summed E-state index contributed by atoms with van der Waals surface area (Å²) in [6.07, 6.45) is -1.65. The quantitative estimate of drug-likeness (QED) is 0.177. The van der Waals surface area contributed by atoms with E-state index in [9.17, 15) is 18.0 Å². The Kier molecular flexibility index (Phi) is 8.89. The number of aryl methyl sites for hydroxylation is 2. The van der Waals surface area contributed by atoms with Gasteiger partial charge in [0, 0.05) is 36.7 Å². The predicted octanol–water partition coefficient (Wildman–Crippen LogP) is 4.20. The molecule has 5 N–H and O–H groups in total. The lowest BCUT2D eigenvalue weighted by molar-refractivity contribution is -0.137. The van der Waals surface area contributed by atoms with Crippen molar-refractivity contribution in [1.82, 2.24) is 20.1 Å². The first-order chi connectivity index (χ1) is 17.8. The first-order valence-electron chi connectivity index (χ1n) is 12.0. The zero-order valence-electron chi connectivity index (χ0n) is 22.1. The molecule has 0 aliphatic rings. The van der Waals surface area contributed by atoms with E-state index in [0.717, 1.165) is 17.8 Å². The fourth-order valence-corrected chi connectivity index (χ4v) is 3.81. The zero-order valence-corrected chi connectivity index (χ0v) is 22.1. The van der Waals surface area contributed by atoms with Gasteiger partial charge in [-0.3, -0.25) is 14.5 Å². The lowest BCUT2D eigenvalue weighted by atomic mass is 10.1. The van der Waals surface area contributed by atoms with Crippen LogP contribution in [0.15, 0.2) is 36.7 Å². The van der Waals surface area contributed by atoms with Gasteiger partial charge in [-0.25, -0.2) is 5.84 Å². The number of hydrazine groups is 1. The average Bonchev–Trinajstić information content (AvgIpc) is 3.16. The highest BCUT2D eigenvalue weighted by atomic mass is 19.4. The SMILES string of the molecule is Cc1ncc(C(=O)Nc2cc(CNCC(C)C)cc(C(F)(F)F)c2)cc1N(N)CC(=N)c1cnn(C)c1C. The zero-order chi connectivity index (χ0) is 28.2. The summed E-state index contributed by atoms with van der Waals surface area (Å²) in [7, 11) is 1.78. The number of carbonyl (C=O) groups excluding carboxylic acids is 1. The molecule has 0 aliphatic heterocycles. The first-order valence-corrected chi connectivity index (χ1v) is 12.0. The topological polar surface area (TPSA) is 125 Å². The molecule has 0 fully saturated rings. The van der Waals surface area contributed by atoms with Gasteiger partial charge in [-0.15, -0.1) is 0 Å². The Labute approximate surface area is 219 Å². The summed E-state index contributed by atoms with van der Waals surface area (Å²) in [6, 6.07) is 4.98. The van der Waals surface area contributed by atoms with Crippen molar-refractivity contribution in [3.05, 3.63) is 70.3 Å². The van der Waals surface area contributed by atoms with Crippen molar-refractivity contribution < 1.29 is 18.0 Å². The third-order valence-corrected chi connectivity index (χ3v) is 5.98. The minimum atomic E-state index is -4.57. The number of hydrogen-bond donors (Lipinski definition) is 4. The molecule has 0 aliphatic carbocycles. The van der Waals surface area contributed by atoms with Crippen molar-refractivity contribution in [3.63, 3.8) is 0 Å². The van der Waals surface area contributed by atoms with Gasteiger partial charge in [-0.2, -0.15) is 18.3 Å². The van der Waals surface area contributed by atoms with Gasteiger partial charge in [0.1, 0.15) is 0 Å². The van der Waals surface area contributed by atoms with Crippen LogP contribution < -0.4 is 21.5 Å². The maximum absolute atomic E-state index is 13.5. The Morgan fingerprint density at radius 3 is 2.50 bits per heavy atom. The maximum atomic E-state index is 13.5. The highest BCUT2D eigenvalue weighted by Crippen LogP contribution is 2.32. The van der Waals surface area contributed by atoms with Crippen LogP contribution >= 0.6 is 0 Å². The van der Waals surface area contributed by atoms with E-state index in [2.05, 4.69) is 20.7 Å². The molecule has 0 saturated heterocycles. The van der Waals surface area contributed by atoms with Crippen LogP contribution in [0.25, 0.3) is 0 Å². The highest BCUT2D eigenvalue weighted by Gasteiger charge is 2.31. The van der Waals surface area contributed by atoms with Crippen molar-refractivity contribution in [3.8, 4) is 0 Å². The number of benzene rings is 1. The maximum Gasteiger partial charge on any atom is 0.416 e. The number of halogens is 3. The molecule has 0 unspecified atom stereocenters. The van der Waals surface area contributed by atoms with Crippen LogP contribution in [0.5, 0.6) is 0 Å². The number of anilines is 2. The largest absolute Gasteiger partial charge is 0.416 e. The molecule has 9 nitrogen and oxygen atoms in total. The van der Waals surface area contributed by atoms with Gasteiger partial charge in [0.25, 0.3) is 5.91 Å². The fourth-order valence-electron chi connectivity index (χ4n) is 3.81. The van der Waals surface area contributed by atoms with Gasteiger partial charge in [0.2, 0.25) is 0 Å². The number of aromatic nitrogens is 3. The molecule has 1 amide bonds. The summed E-state index contributed by atoms with van der Waals surface area (Å²) in [5, 5.41) is 19.5. The molecule has 3 rings (SSSR count). The van der Waals surface area contributed by atoms with Crippen molar-refractivity contribution >= 4 is 23.0 Å². The Morgan fingerprint density at radius 1 is 1.18 bits per heavy atom. The van der Waals surface area contributed by atoms with Crippen molar-refractivity contribution in [2.45, 2.75) is 40.4 Å². The van der Waals surface area contributed by atoms with Gasteiger partial charge in [0.15, 0.2) is 0 Å². The standard InChI is InChI=1S/C26H33F3N8O/c1-15(2)10-32-11-18-6-20(26(27,28)29)9-21(7-18)35-25(38)19-8-24(16(3)33-12-19)37(31)14-23(30)22-13-34-36(5)17(22)4/h6-9,12-13,15,30,32H,10-11,14,31H2,1-5H3,(H,35,38). The van der Waals surface area contributed by atoms with Gasteiger partial charge < -0.3 is 21.1 Å². The molecule has 12 heteroatoms. The van der Waals surface area contributed by atoms with Crippen LogP contribution in [0.2, 0.25) is 0 Å².